The highest BCUT2D eigenvalue weighted by atomic mass is 79.9. The van der Waals surface area contributed by atoms with Crippen LogP contribution in [0.2, 0.25) is 0 Å². The van der Waals surface area contributed by atoms with Crippen molar-refractivity contribution in [3.63, 3.8) is 0 Å². The predicted octanol–water partition coefficient (Wildman–Crippen LogP) is 4.62. The van der Waals surface area contributed by atoms with Crippen molar-refractivity contribution in [2.45, 2.75) is 6.92 Å². The van der Waals surface area contributed by atoms with Crippen LogP contribution in [-0.4, -0.2) is 4.98 Å². The summed E-state index contributed by atoms with van der Waals surface area (Å²) in [5.41, 5.74) is 10.1. The van der Waals surface area contributed by atoms with Crippen molar-refractivity contribution in [1.29, 1.82) is 0 Å². The first-order valence-electron chi connectivity index (χ1n) is 5.57. The molecule has 0 unspecified atom stereocenters. The van der Waals surface area contributed by atoms with E-state index in [2.05, 4.69) is 27.0 Å². The third-order valence-electron chi connectivity index (χ3n) is 2.90. The third kappa shape index (κ3) is 1.91. The molecule has 90 valence electrons. The monoisotopic (exact) mass is 318 g/mol. The van der Waals surface area contributed by atoms with Gasteiger partial charge < -0.3 is 5.73 Å². The molecule has 0 fully saturated rings. The highest BCUT2D eigenvalue weighted by Gasteiger charge is 2.10. The van der Waals surface area contributed by atoms with Crippen LogP contribution in [0.5, 0.6) is 0 Å². The number of aromatic nitrogens is 1. The molecule has 2 aromatic carbocycles. The Labute approximate surface area is 118 Å². The first kappa shape index (κ1) is 11.7. The zero-order chi connectivity index (χ0) is 12.7. The lowest BCUT2D eigenvalue weighted by Crippen LogP contribution is -1.92. The lowest BCUT2D eigenvalue weighted by molar-refractivity contribution is 1.43. The number of nitrogens with two attached hydrogens (primary N) is 1. The molecular weight excluding hydrogens is 308 g/mol. The van der Waals surface area contributed by atoms with Gasteiger partial charge in [-0.15, -0.1) is 11.3 Å². The number of thiazole rings is 1. The van der Waals surface area contributed by atoms with Crippen LogP contribution in [0.25, 0.3) is 20.8 Å². The Morgan fingerprint density at radius 1 is 1.22 bits per heavy atom. The summed E-state index contributed by atoms with van der Waals surface area (Å²) < 4.78 is 2.22. The van der Waals surface area contributed by atoms with E-state index in [0.29, 0.717) is 0 Å². The molecule has 0 atom stereocenters. The second-order valence-corrected chi connectivity index (χ2v) is 6.11. The van der Waals surface area contributed by atoms with Crippen LogP contribution in [0.4, 0.5) is 5.69 Å². The van der Waals surface area contributed by atoms with Crippen LogP contribution in [0, 0.1) is 6.92 Å². The topological polar surface area (TPSA) is 38.9 Å². The Balaban J connectivity index is 2.22. The van der Waals surface area contributed by atoms with E-state index in [4.69, 9.17) is 5.73 Å². The molecule has 1 heterocycles. The molecule has 0 spiro atoms. The number of nitrogens with zero attached hydrogens (tertiary/aromatic N) is 1. The minimum absolute atomic E-state index is 0.815. The molecule has 0 aliphatic carbocycles. The number of para-hydroxylation sites is 1. The Kier molecular flexibility index (Phi) is 2.84. The summed E-state index contributed by atoms with van der Waals surface area (Å²) in [6, 6.07) is 12.2. The maximum Gasteiger partial charge on any atom is 0.126 e. The molecule has 18 heavy (non-hydrogen) atoms. The number of nitrogen functional groups attached to an aromatic ring is 1. The van der Waals surface area contributed by atoms with E-state index < -0.39 is 0 Å². The fourth-order valence-electron chi connectivity index (χ4n) is 1.88. The van der Waals surface area contributed by atoms with E-state index in [9.17, 15) is 0 Å². The fraction of sp³-hybridized carbons (Fsp3) is 0.0714. The quantitative estimate of drug-likeness (QED) is 0.665. The molecule has 0 saturated carbocycles. The molecule has 0 radical (unpaired) electrons. The number of hydrogen-bond donors (Lipinski definition) is 1. The second kappa shape index (κ2) is 4.37. The van der Waals surface area contributed by atoms with Crippen molar-refractivity contribution in [3.05, 3.63) is 46.4 Å². The maximum atomic E-state index is 6.12. The van der Waals surface area contributed by atoms with Gasteiger partial charge in [0, 0.05) is 15.7 Å². The summed E-state index contributed by atoms with van der Waals surface area (Å²) in [5, 5.41) is 0.976. The molecule has 0 aliphatic heterocycles. The minimum Gasteiger partial charge on any atom is -0.398 e. The molecule has 4 heteroatoms. The van der Waals surface area contributed by atoms with Gasteiger partial charge in [0.25, 0.3) is 0 Å². The number of rotatable bonds is 1. The molecule has 0 aliphatic rings. The van der Waals surface area contributed by atoms with Crippen molar-refractivity contribution in [2.75, 3.05) is 5.73 Å². The van der Waals surface area contributed by atoms with Crippen LogP contribution in [-0.2, 0) is 0 Å². The molecule has 3 aromatic rings. The van der Waals surface area contributed by atoms with E-state index in [-0.39, 0.29) is 0 Å². The number of halogens is 1. The lowest BCUT2D eigenvalue weighted by Gasteiger charge is -2.04. The highest BCUT2D eigenvalue weighted by molar-refractivity contribution is 9.10. The smallest absolute Gasteiger partial charge is 0.126 e. The van der Waals surface area contributed by atoms with E-state index >= 15 is 0 Å². The van der Waals surface area contributed by atoms with Crippen LogP contribution in [0.3, 0.4) is 0 Å². The van der Waals surface area contributed by atoms with E-state index in [1.54, 1.807) is 11.3 Å². The number of anilines is 1. The normalized spacial score (nSPS) is 11.0. The summed E-state index contributed by atoms with van der Waals surface area (Å²) in [6.45, 7) is 2.02. The van der Waals surface area contributed by atoms with Gasteiger partial charge in [-0.05, 0) is 36.8 Å². The van der Waals surface area contributed by atoms with Crippen LogP contribution in [0.15, 0.2) is 40.9 Å². The van der Waals surface area contributed by atoms with Crippen molar-refractivity contribution < 1.29 is 0 Å². The van der Waals surface area contributed by atoms with Gasteiger partial charge in [0.05, 0.1) is 10.2 Å². The molecule has 0 amide bonds. The number of benzene rings is 2. The van der Waals surface area contributed by atoms with Crippen molar-refractivity contribution in [3.8, 4) is 10.6 Å². The number of fused-ring (bicyclic) bond motifs is 1. The van der Waals surface area contributed by atoms with Crippen molar-refractivity contribution in [1.82, 2.24) is 4.98 Å². The molecule has 2 N–H and O–H groups in total. The summed E-state index contributed by atoms with van der Waals surface area (Å²) >= 11 is 5.13. The SMILES string of the molecule is Cc1cccc(-c2nc3cc(Br)ccc3s2)c1N. The van der Waals surface area contributed by atoms with Crippen LogP contribution < -0.4 is 5.73 Å². The first-order valence-corrected chi connectivity index (χ1v) is 7.17. The minimum atomic E-state index is 0.815. The van der Waals surface area contributed by atoms with Gasteiger partial charge in [0.15, 0.2) is 0 Å². The molecule has 0 bridgehead atoms. The zero-order valence-electron chi connectivity index (χ0n) is 9.77. The van der Waals surface area contributed by atoms with Gasteiger partial charge in [-0.2, -0.15) is 0 Å². The van der Waals surface area contributed by atoms with Gasteiger partial charge in [-0.1, -0.05) is 28.1 Å². The molecule has 0 saturated heterocycles. The standard InChI is InChI=1S/C14H11BrN2S/c1-8-3-2-4-10(13(8)16)14-17-11-7-9(15)5-6-12(11)18-14/h2-7H,16H2,1H3. The van der Waals surface area contributed by atoms with E-state index in [1.807, 2.05) is 37.3 Å². The molecule has 3 rings (SSSR count). The van der Waals surface area contributed by atoms with Gasteiger partial charge >= 0.3 is 0 Å². The summed E-state index contributed by atoms with van der Waals surface area (Å²) in [6.07, 6.45) is 0. The fourth-order valence-corrected chi connectivity index (χ4v) is 3.22. The number of aryl methyl sites for hydroxylation is 1. The average molecular weight is 319 g/mol. The van der Waals surface area contributed by atoms with Gasteiger partial charge in [-0.25, -0.2) is 4.98 Å². The van der Waals surface area contributed by atoms with Crippen molar-refractivity contribution in [2.24, 2.45) is 0 Å². The Morgan fingerprint density at radius 2 is 2.06 bits per heavy atom. The second-order valence-electron chi connectivity index (χ2n) is 4.17. The van der Waals surface area contributed by atoms with Gasteiger partial charge in [0.2, 0.25) is 0 Å². The van der Waals surface area contributed by atoms with E-state index in [1.165, 1.54) is 4.70 Å². The molecule has 2 nitrogen and oxygen atoms in total. The van der Waals surface area contributed by atoms with E-state index in [0.717, 1.165) is 31.8 Å². The third-order valence-corrected chi connectivity index (χ3v) is 4.47. The van der Waals surface area contributed by atoms with Crippen LogP contribution >= 0.6 is 27.3 Å². The van der Waals surface area contributed by atoms with Crippen molar-refractivity contribution >= 4 is 43.2 Å². The molecule has 1 aromatic heterocycles. The Morgan fingerprint density at radius 3 is 2.89 bits per heavy atom. The van der Waals surface area contributed by atoms with Crippen LogP contribution in [0.1, 0.15) is 5.56 Å². The molecular formula is C14H11BrN2S. The average Bonchev–Trinajstić information content (AvgIpc) is 2.75. The summed E-state index contributed by atoms with van der Waals surface area (Å²) in [7, 11) is 0. The number of hydrogen-bond acceptors (Lipinski definition) is 3. The summed E-state index contributed by atoms with van der Waals surface area (Å²) in [4.78, 5) is 4.65. The predicted molar refractivity (Wildman–Crippen MR) is 81.9 cm³/mol. The highest BCUT2D eigenvalue weighted by Crippen LogP contribution is 2.35. The largest absolute Gasteiger partial charge is 0.398 e. The first-order chi connectivity index (χ1) is 8.65. The summed E-state index contributed by atoms with van der Waals surface area (Å²) in [5.74, 6) is 0. The van der Waals surface area contributed by atoms with Gasteiger partial charge in [-0.3, -0.25) is 0 Å². The lowest BCUT2D eigenvalue weighted by atomic mass is 10.1. The maximum absolute atomic E-state index is 6.12. The zero-order valence-corrected chi connectivity index (χ0v) is 12.2. The Bertz CT molecular complexity index is 734. The Hall–Kier alpha value is -1.39. The van der Waals surface area contributed by atoms with Gasteiger partial charge in [0.1, 0.15) is 5.01 Å².